The molecule has 0 spiro atoms. The Morgan fingerprint density at radius 2 is 1.39 bits per heavy atom. The Hall–Kier alpha value is 0.540. The number of ether oxygens (including phenoxy) is 4. The molecule has 0 aliphatic carbocycles. The maximum atomic E-state index is 6.40. The van der Waals surface area contributed by atoms with Crippen molar-refractivity contribution in [3.63, 3.8) is 0 Å². The highest BCUT2D eigenvalue weighted by Gasteiger charge is 2.52. The molecule has 6 heteroatoms. The van der Waals surface area contributed by atoms with Crippen LogP contribution >= 0.6 is 23.5 Å². The van der Waals surface area contributed by atoms with Crippen LogP contribution < -0.4 is 0 Å². The minimum absolute atomic E-state index is 0.0703. The molecular formula is C17H32O4S2. The molecule has 2 aliphatic rings. The van der Waals surface area contributed by atoms with Crippen LogP contribution in [0.5, 0.6) is 0 Å². The predicted octanol–water partition coefficient (Wildman–Crippen LogP) is 4.27. The van der Waals surface area contributed by atoms with Crippen LogP contribution in [0, 0.1) is 0 Å². The van der Waals surface area contributed by atoms with Crippen LogP contribution in [0.3, 0.4) is 0 Å². The van der Waals surface area contributed by atoms with Gasteiger partial charge in [-0.25, -0.2) is 0 Å². The van der Waals surface area contributed by atoms with Crippen molar-refractivity contribution in [2.45, 2.75) is 100 Å². The van der Waals surface area contributed by atoms with Crippen LogP contribution in [0.1, 0.15) is 55.4 Å². The second-order valence-corrected chi connectivity index (χ2v) is 11.4. The maximum absolute atomic E-state index is 6.40. The molecule has 2 rings (SSSR count). The molecule has 2 fully saturated rings. The normalized spacial score (nSPS) is 33.3. The van der Waals surface area contributed by atoms with Gasteiger partial charge in [-0.05, 0) is 27.7 Å². The van der Waals surface area contributed by atoms with E-state index >= 15 is 0 Å². The van der Waals surface area contributed by atoms with E-state index in [0.29, 0.717) is 17.1 Å². The van der Waals surface area contributed by atoms with Gasteiger partial charge < -0.3 is 18.9 Å². The molecule has 23 heavy (non-hydrogen) atoms. The van der Waals surface area contributed by atoms with Crippen LogP contribution in [0.4, 0.5) is 0 Å². The van der Waals surface area contributed by atoms with Crippen molar-refractivity contribution in [1.29, 1.82) is 0 Å². The molecule has 0 aromatic rings. The van der Waals surface area contributed by atoms with E-state index in [9.17, 15) is 0 Å². The monoisotopic (exact) mass is 364 g/mol. The molecular weight excluding hydrogens is 332 g/mol. The zero-order valence-corrected chi connectivity index (χ0v) is 17.3. The molecule has 0 amide bonds. The second-order valence-electron chi connectivity index (χ2n) is 7.67. The molecule has 3 atom stereocenters. The number of hydrogen-bond acceptors (Lipinski definition) is 6. The summed E-state index contributed by atoms with van der Waals surface area (Å²) in [6.07, 6.45) is -0.256. The summed E-state index contributed by atoms with van der Waals surface area (Å²) >= 11 is 3.88. The first kappa shape index (κ1) is 19.9. The van der Waals surface area contributed by atoms with E-state index in [1.807, 2.05) is 51.2 Å². The topological polar surface area (TPSA) is 36.9 Å². The van der Waals surface area contributed by atoms with Gasteiger partial charge in [0, 0.05) is 10.5 Å². The largest absolute Gasteiger partial charge is 0.348 e. The van der Waals surface area contributed by atoms with Crippen LogP contribution in [0.25, 0.3) is 0 Å². The molecule has 2 heterocycles. The van der Waals surface area contributed by atoms with Crippen LogP contribution in [0.2, 0.25) is 0 Å². The number of hydrogen-bond donors (Lipinski definition) is 0. The molecule has 0 bridgehead atoms. The van der Waals surface area contributed by atoms with Crippen molar-refractivity contribution >= 4 is 23.5 Å². The van der Waals surface area contributed by atoms with E-state index in [0.717, 1.165) is 0 Å². The molecule has 0 aromatic heterocycles. The van der Waals surface area contributed by atoms with Crippen LogP contribution in [-0.4, -0.2) is 51.6 Å². The standard InChI is InChI=1S/C17H32O4S2/c1-10(2)22-15(23-11(3)4)14-13-12(19-17(7,8)20-13)9-18-16(5,6)21-14/h10-15H,9H2,1-8H3/t12-,13-,14-/m1/s1. The summed E-state index contributed by atoms with van der Waals surface area (Å²) in [5, 5.41) is 1.05. The van der Waals surface area contributed by atoms with Gasteiger partial charge in [0.05, 0.1) is 11.2 Å². The van der Waals surface area contributed by atoms with Crippen molar-refractivity contribution in [2.75, 3.05) is 6.61 Å². The van der Waals surface area contributed by atoms with Gasteiger partial charge in [0.2, 0.25) is 0 Å². The third-order valence-electron chi connectivity index (χ3n) is 3.64. The first-order valence-corrected chi connectivity index (χ1v) is 10.4. The average Bonchev–Trinajstić information content (AvgIpc) is 2.61. The fraction of sp³-hybridized carbons (Fsp3) is 1.00. The van der Waals surface area contributed by atoms with Crippen molar-refractivity contribution in [1.82, 2.24) is 0 Å². The fourth-order valence-electron chi connectivity index (χ4n) is 2.92. The van der Waals surface area contributed by atoms with Gasteiger partial charge in [0.15, 0.2) is 11.6 Å². The first-order valence-electron chi connectivity index (χ1n) is 8.47. The van der Waals surface area contributed by atoms with E-state index in [2.05, 4.69) is 27.7 Å². The summed E-state index contributed by atoms with van der Waals surface area (Å²) in [4.78, 5) is 0. The highest BCUT2D eigenvalue weighted by molar-refractivity contribution is 8.17. The predicted molar refractivity (Wildman–Crippen MR) is 98.0 cm³/mol. The number of fused-ring (bicyclic) bond motifs is 1. The van der Waals surface area contributed by atoms with Gasteiger partial charge in [0.1, 0.15) is 18.3 Å². The summed E-state index contributed by atoms with van der Waals surface area (Å²) in [5.41, 5.74) is 0. The minimum Gasteiger partial charge on any atom is -0.348 e. The zero-order valence-electron chi connectivity index (χ0n) is 15.6. The van der Waals surface area contributed by atoms with Gasteiger partial charge in [-0.3, -0.25) is 0 Å². The average molecular weight is 365 g/mol. The number of thioether (sulfide) groups is 2. The van der Waals surface area contributed by atoms with Gasteiger partial charge in [-0.2, -0.15) is 0 Å². The lowest BCUT2D eigenvalue weighted by Crippen LogP contribution is -2.45. The van der Waals surface area contributed by atoms with Gasteiger partial charge in [-0.1, -0.05) is 27.7 Å². The molecule has 0 radical (unpaired) electrons. The Kier molecular flexibility index (Phi) is 6.41. The summed E-state index contributed by atoms with van der Waals surface area (Å²) in [6.45, 7) is 17.3. The van der Waals surface area contributed by atoms with Crippen molar-refractivity contribution < 1.29 is 18.9 Å². The quantitative estimate of drug-likeness (QED) is 0.678. The first-order chi connectivity index (χ1) is 10.5. The SMILES string of the molecule is CC(C)SC(SC(C)C)[C@@H]1OC(C)(C)OC[C@H]2OC(C)(C)O[C@H]21. The Bertz CT molecular complexity index is 388. The van der Waals surface area contributed by atoms with Crippen molar-refractivity contribution in [3.05, 3.63) is 0 Å². The van der Waals surface area contributed by atoms with Crippen LogP contribution in [-0.2, 0) is 18.9 Å². The molecule has 0 N–H and O–H groups in total. The molecule has 2 aliphatic heterocycles. The molecule has 0 aromatic carbocycles. The Labute approximate surface area is 149 Å². The molecule has 0 unspecified atom stereocenters. The second kappa shape index (κ2) is 7.42. The van der Waals surface area contributed by atoms with Gasteiger partial charge >= 0.3 is 0 Å². The van der Waals surface area contributed by atoms with E-state index in [1.165, 1.54) is 0 Å². The number of rotatable bonds is 5. The van der Waals surface area contributed by atoms with E-state index < -0.39 is 11.6 Å². The zero-order chi connectivity index (χ0) is 17.4. The van der Waals surface area contributed by atoms with Crippen molar-refractivity contribution in [2.24, 2.45) is 0 Å². The van der Waals surface area contributed by atoms with E-state index in [1.54, 1.807) is 0 Å². The lowest BCUT2D eigenvalue weighted by atomic mass is 10.1. The van der Waals surface area contributed by atoms with Gasteiger partial charge in [0.25, 0.3) is 0 Å². The highest BCUT2D eigenvalue weighted by Crippen LogP contribution is 2.43. The Balaban J connectivity index is 2.27. The third kappa shape index (κ3) is 5.51. The fourth-order valence-corrected chi connectivity index (χ4v) is 6.31. The molecule has 2 saturated heterocycles. The van der Waals surface area contributed by atoms with E-state index in [4.69, 9.17) is 18.9 Å². The Morgan fingerprint density at radius 1 is 0.826 bits per heavy atom. The van der Waals surface area contributed by atoms with Crippen LogP contribution in [0.15, 0.2) is 0 Å². The maximum Gasteiger partial charge on any atom is 0.164 e. The minimum atomic E-state index is -0.626. The molecule has 4 nitrogen and oxygen atoms in total. The summed E-state index contributed by atoms with van der Waals surface area (Å²) in [6, 6.07) is 0. The highest BCUT2D eigenvalue weighted by atomic mass is 32.2. The summed E-state index contributed by atoms with van der Waals surface area (Å²) in [5.74, 6) is -1.21. The smallest absolute Gasteiger partial charge is 0.164 e. The third-order valence-corrected chi connectivity index (χ3v) is 6.47. The van der Waals surface area contributed by atoms with Crippen molar-refractivity contribution in [3.8, 4) is 0 Å². The van der Waals surface area contributed by atoms with Gasteiger partial charge in [-0.15, -0.1) is 23.5 Å². The van der Waals surface area contributed by atoms with E-state index in [-0.39, 0.29) is 22.9 Å². The summed E-state index contributed by atoms with van der Waals surface area (Å²) < 4.78 is 24.9. The summed E-state index contributed by atoms with van der Waals surface area (Å²) in [7, 11) is 0. The molecule has 0 saturated carbocycles. The Morgan fingerprint density at radius 3 is 1.91 bits per heavy atom. The molecule has 136 valence electrons. The lowest BCUT2D eigenvalue weighted by molar-refractivity contribution is -0.251. The lowest BCUT2D eigenvalue weighted by Gasteiger charge is -2.36.